The minimum atomic E-state index is 0.0838. The van der Waals surface area contributed by atoms with Crippen molar-refractivity contribution < 1.29 is 9.84 Å². The fraction of sp³-hybridized carbons (Fsp3) is 0.438. The lowest BCUT2D eigenvalue weighted by Crippen LogP contribution is -2.07. The number of aliphatic hydroxyl groups is 1. The van der Waals surface area contributed by atoms with Gasteiger partial charge in [-0.25, -0.2) is 0 Å². The van der Waals surface area contributed by atoms with E-state index in [-0.39, 0.29) is 6.61 Å². The number of nitrogens with zero attached hydrogens (tertiary/aromatic N) is 2. The Morgan fingerprint density at radius 3 is 2.82 bits per heavy atom. The number of aliphatic hydroxyl groups excluding tert-OH is 1. The molecule has 120 valence electrons. The second kappa shape index (κ2) is 7.51. The molecule has 0 atom stereocenters. The van der Waals surface area contributed by atoms with E-state index in [2.05, 4.69) is 10.4 Å². The number of benzene rings is 1. The number of nitrogens with one attached hydrogen (secondary N) is 1. The molecule has 0 aliphatic rings. The molecule has 5 nitrogen and oxygen atoms in total. The number of hydrogen-bond acceptors (Lipinski definition) is 4. The zero-order valence-electron chi connectivity index (χ0n) is 13.2. The van der Waals surface area contributed by atoms with Gasteiger partial charge in [0.05, 0.1) is 31.1 Å². The first-order chi connectivity index (χ1) is 10.6. The van der Waals surface area contributed by atoms with Gasteiger partial charge in [-0.15, -0.1) is 0 Å². The quantitative estimate of drug-likeness (QED) is 0.821. The average molecular weight is 324 g/mol. The largest absolute Gasteiger partial charge is 0.492 e. The van der Waals surface area contributed by atoms with Gasteiger partial charge in [0, 0.05) is 28.9 Å². The second-order valence-corrected chi connectivity index (χ2v) is 5.46. The molecule has 2 N–H and O–H groups in total. The molecule has 0 saturated heterocycles. The fourth-order valence-corrected chi connectivity index (χ4v) is 2.57. The van der Waals surface area contributed by atoms with Crippen LogP contribution in [0.15, 0.2) is 18.2 Å². The number of hydrogen-bond donors (Lipinski definition) is 2. The van der Waals surface area contributed by atoms with Gasteiger partial charge >= 0.3 is 0 Å². The number of aromatic nitrogens is 2. The van der Waals surface area contributed by atoms with Crippen molar-refractivity contribution >= 4 is 17.3 Å². The van der Waals surface area contributed by atoms with Crippen LogP contribution < -0.4 is 10.1 Å². The maximum atomic E-state index is 9.07. The van der Waals surface area contributed by atoms with E-state index in [0.29, 0.717) is 24.7 Å². The topological polar surface area (TPSA) is 59.3 Å². The Hall–Kier alpha value is -1.72. The van der Waals surface area contributed by atoms with Crippen LogP contribution in [0.2, 0.25) is 5.02 Å². The molecular formula is C16H22ClN3O2. The van der Waals surface area contributed by atoms with Gasteiger partial charge in [-0.3, -0.25) is 4.68 Å². The molecule has 6 heteroatoms. The van der Waals surface area contributed by atoms with Crippen LogP contribution in [-0.2, 0) is 13.1 Å². The van der Waals surface area contributed by atoms with E-state index in [0.717, 1.165) is 28.4 Å². The molecule has 0 aliphatic carbocycles. The van der Waals surface area contributed by atoms with Crippen LogP contribution >= 0.6 is 11.6 Å². The Bertz CT molecular complexity index is 641. The third kappa shape index (κ3) is 3.72. The van der Waals surface area contributed by atoms with E-state index in [9.17, 15) is 0 Å². The first-order valence-electron chi connectivity index (χ1n) is 7.36. The molecule has 0 fully saturated rings. The van der Waals surface area contributed by atoms with E-state index in [4.69, 9.17) is 21.4 Å². The summed E-state index contributed by atoms with van der Waals surface area (Å²) in [5, 5.41) is 17.5. The van der Waals surface area contributed by atoms with Gasteiger partial charge < -0.3 is 15.2 Å². The molecule has 1 heterocycles. The van der Waals surface area contributed by atoms with E-state index >= 15 is 0 Å². The molecule has 0 bridgehead atoms. The van der Waals surface area contributed by atoms with Crippen LogP contribution in [0.3, 0.4) is 0 Å². The van der Waals surface area contributed by atoms with Gasteiger partial charge in [-0.1, -0.05) is 11.6 Å². The highest BCUT2D eigenvalue weighted by molar-refractivity contribution is 6.30. The maximum absolute atomic E-state index is 9.07. The minimum Gasteiger partial charge on any atom is -0.492 e. The monoisotopic (exact) mass is 323 g/mol. The number of ether oxygens (including phenoxy) is 1. The highest BCUT2D eigenvalue weighted by Gasteiger charge is 2.12. The van der Waals surface area contributed by atoms with Gasteiger partial charge in [-0.05, 0) is 32.9 Å². The highest BCUT2D eigenvalue weighted by atomic mass is 35.5. The lowest BCUT2D eigenvalue weighted by Gasteiger charge is -2.13. The molecule has 1 aromatic heterocycles. The van der Waals surface area contributed by atoms with Crippen molar-refractivity contribution in [3.8, 4) is 5.75 Å². The molecule has 0 spiro atoms. The Morgan fingerprint density at radius 2 is 2.14 bits per heavy atom. The summed E-state index contributed by atoms with van der Waals surface area (Å²) in [6, 6.07) is 5.56. The molecule has 0 aliphatic heterocycles. The van der Waals surface area contributed by atoms with Crippen molar-refractivity contribution in [2.45, 2.75) is 33.9 Å². The van der Waals surface area contributed by atoms with Crippen molar-refractivity contribution in [2.75, 3.05) is 18.5 Å². The lowest BCUT2D eigenvalue weighted by molar-refractivity contribution is 0.268. The lowest BCUT2D eigenvalue weighted by atomic mass is 10.2. The number of anilines is 1. The molecule has 2 rings (SSSR count). The normalized spacial score (nSPS) is 10.8. The van der Waals surface area contributed by atoms with Crippen LogP contribution in [0, 0.1) is 13.8 Å². The molecule has 0 unspecified atom stereocenters. The van der Waals surface area contributed by atoms with Crippen molar-refractivity contribution in [1.82, 2.24) is 9.78 Å². The van der Waals surface area contributed by atoms with Crippen molar-refractivity contribution in [1.29, 1.82) is 0 Å². The van der Waals surface area contributed by atoms with Crippen LogP contribution in [0.4, 0.5) is 5.69 Å². The number of halogens is 1. The molecule has 22 heavy (non-hydrogen) atoms. The zero-order chi connectivity index (χ0) is 16.1. The van der Waals surface area contributed by atoms with E-state index in [1.54, 1.807) is 0 Å². The smallest absolute Gasteiger partial charge is 0.143 e. The van der Waals surface area contributed by atoms with Crippen molar-refractivity contribution in [3.63, 3.8) is 0 Å². The standard InChI is InChI=1S/C16H22ClN3O2/c1-4-22-16-9-13(17)5-6-15(16)18-10-14-11(2)19-20(7-8-21)12(14)3/h5-6,9,18,21H,4,7-8,10H2,1-3H3. The average Bonchev–Trinajstić information content (AvgIpc) is 2.74. The predicted octanol–water partition coefficient (Wildman–Crippen LogP) is 3.16. The van der Waals surface area contributed by atoms with Crippen molar-refractivity contribution in [2.24, 2.45) is 0 Å². The van der Waals surface area contributed by atoms with Crippen LogP contribution in [0.25, 0.3) is 0 Å². The van der Waals surface area contributed by atoms with E-state index in [1.807, 2.05) is 43.7 Å². The van der Waals surface area contributed by atoms with E-state index < -0.39 is 0 Å². The molecular weight excluding hydrogens is 302 g/mol. The third-order valence-electron chi connectivity index (χ3n) is 3.54. The molecule has 0 amide bonds. The maximum Gasteiger partial charge on any atom is 0.143 e. The second-order valence-electron chi connectivity index (χ2n) is 5.02. The van der Waals surface area contributed by atoms with Gasteiger partial charge in [0.1, 0.15) is 5.75 Å². The van der Waals surface area contributed by atoms with Gasteiger partial charge in [0.2, 0.25) is 0 Å². The number of rotatable bonds is 7. The molecule has 0 saturated carbocycles. The SMILES string of the molecule is CCOc1cc(Cl)ccc1NCc1c(C)nn(CCO)c1C. The number of aryl methyl sites for hydroxylation is 1. The summed E-state index contributed by atoms with van der Waals surface area (Å²) in [4.78, 5) is 0. The molecule has 2 aromatic rings. The molecule has 0 radical (unpaired) electrons. The summed E-state index contributed by atoms with van der Waals surface area (Å²) in [5.41, 5.74) is 4.06. The van der Waals surface area contributed by atoms with Crippen LogP contribution in [0.5, 0.6) is 5.75 Å². The Labute approximate surface area is 135 Å². The predicted molar refractivity (Wildman–Crippen MR) is 88.7 cm³/mol. The Morgan fingerprint density at radius 1 is 1.36 bits per heavy atom. The summed E-state index contributed by atoms with van der Waals surface area (Å²) < 4.78 is 7.44. The minimum absolute atomic E-state index is 0.0838. The van der Waals surface area contributed by atoms with Gasteiger partial charge in [-0.2, -0.15) is 5.10 Å². The summed E-state index contributed by atoms with van der Waals surface area (Å²) in [6.45, 7) is 7.75. The first-order valence-corrected chi connectivity index (χ1v) is 7.74. The van der Waals surface area contributed by atoms with Gasteiger partial charge in [0.15, 0.2) is 0 Å². The fourth-order valence-electron chi connectivity index (χ4n) is 2.40. The summed E-state index contributed by atoms with van der Waals surface area (Å²) >= 11 is 6.01. The highest BCUT2D eigenvalue weighted by Crippen LogP contribution is 2.29. The summed E-state index contributed by atoms with van der Waals surface area (Å²) in [7, 11) is 0. The Kier molecular flexibility index (Phi) is 5.69. The van der Waals surface area contributed by atoms with E-state index in [1.165, 1.54) is 0 Å². The zero-order valence-corrected chi connectivity index (χ0v) is 13.9. The van der Waals surface area contributed by atoms with Crippen molar-refractivity contribution in [3.05, 3.63) is 40.2 Å². The van der Waals surface area contributed by atoms with Crippen LogP contribution in [0.1, 0.15) is 23.9 Å². The first kappa shape index (κ1) is 16.6. The molecule has 1 aromatic carbocycles. The van der Waals surface area contributed by atoms with Crippen LogP contribution in [-0.4, -0.2) is 28.1 Å². The van der Waals surface area contributed by atoms with Gasteiger partial charge in [0.25, 0.3) is 0 Å². The Balaban J connectivity index is 2.16. The summed E-state index contributed by atoms with van der Waals surface area (Å²) in [6.07, 6.45) is 0. The summed E-state index contributed by atoms with van der Waals surface area (Å²) in [5.74, 6) is 0.744. The third-order valence-corrected chi connectivity index (χ3v) is 3.78.